The molecule has 33 heavy (non-hydrogen) atoms. The highest BCUT2D eigenvalue weighted by Crippen LogP contribution is 2.51. The third-order valence-electron chi connectivity index (χ3n) is 5.87. The first-order chi connectivity index (χ1) is 15.8. The second-order valence-corrected chi connectivity index (χ2v) is 11.4. The van der Waals surface area contributed by atoms with Crippen LogP contribution in [0.2, 0.25) is 0 Å². The van der Waals surface area contributed by atoms with Crippen LogP contribution in [0.5, 0.6) is 11.5 Å². The van der Waals surface area contributed by atoms with Gasteiger partial charge in [0.05, 0.1) is 5.69 Å². The molecule has 11 nitrogen and oxygen atoms in total. The van der Waals surface area contributed by atoms with Crippen molar-refractivity contribution in [3.8, 4) is 22.2 Å². The highest BCUT2D eigenvalue weighted by atomic mass is 32.2. The lowest BCUT2D eigenvalue weighted by atomic mass is 10.2. The Morgan fingerprint density at radius 2 is 1.79 bits per heavy atom. The van der Waals surface area contributed by atoms with Crippen molar-refractivity contribution in [3.63, 3.8) is 0 Å². The minimum atomic E-state index is -3.80. The molecule has 5 heterocycles. The van der Waals surface area contributed by atoms with Gasteiger partial charge in [0.1, 0.15) is 23.6 Å². The Kier molecular flexibility index (Phi) is 5.67. The van der Waals surface area contributed by atoms with E-state index in [-0.39, 0.29) is 34.6 Å². The summed E-state index contributed by atoms with van der Waals surface area (Å²) < 4.78 is 41.7. The summed E-state index contributed by atoms with van der Waals surface area (Å²) in [7, 11) is -0.117. The molecule has 13 heteroatoms. The van der Waals surface area contributed by atoms with Crippen molar-refractivity contribution in [2.45, 2.75) is 24.0 Å². The maximum Gasteiger partial charge on any atom is 0.277 e. The summed E-state index contributed by atoms with van der Waals surface area (Å²) in [5.41, 5.74) is 1.29. The van der Waals surface area contributed by atoms with Crippen LogP contribution < -0.4 is 15.0 Å². The highest BCUT2D eigenvalue weighted by Gasteiger charge is 2.37. The number of ether oxygens (including phenoxy) is 2. The molecule has 0 atom stereocenters. The molecule has 178 valence electrons. The molecule has 1 N–H and O–H groups in total. The van der Waals surface area contributed by atoms with Crippen molar-refractivity contribution in [1.29, 1.82) is 0 Å². The molecule has 0 aromatic carbocycles. The number of aryl methyl sites for hydroxylation is 2. The van der Waals surface area contributed by atoms with Crippen molar-refractivity contribution in [2.24, 2.45) is 7.05 Å². The normalized spacial score (nSPS) is 17.7. The molecule has 1 saturated heterocycles. The molecule has 0 spiro atoms. The fraction of sp³-hybridized carbons (Fsp3) is 0.550. The van der Waals surface area contributed by atoms with Gasteiger partial charge >= 0.3 is 0 Å². The topological polar surface area (TPSA) is 123 Å². The molecule has 5 rings (SSSR count). The lowest BCUT2D eigenvalue weighted by Crippen LogP contribution is -2.46. The van der Waals surface area contributed by atoms with Gasteiger partial charge in [-0.1, -0.05) is 13.3 Å². The zero-order valence-electron chi connectivity index (χ0n) is 18.8. The first kappa shape index (κ1) is 22.3. The summed E-state index contributed by atoms with van der Waals surface area (Å²) in [6.07, 6.45) is 1.53. The second-order valence-electron chi connectivity index (χ2n) is 8.21. The number of H-pyrrole nitrogens is 1. The van der Waals surface area contributed by atoms with Gasteiger partial charge in [-0.25, -0.2) is 13.4 Å². The van der Waals surface area contributed by atoms with Crippen molar-refractivity contribution < 1.29 is 17.9 Å². The maximum absolute atomic E-state index is 13.5. The molecule has 0 bridgehead atoms. The molecule has 0 radical (unpaired) electrons. The smallest absolute Gasteiger partial charge is 0.277 e. The number of sulfonamides is 1. The third kappa shape index (κ3) is 3.72. The van der Waals surface area contributed by atoms with Crippen LogP contribution in [-0.4, -0.2) is 83.8 Å². The van der Waals surface area contributed by atoms with E-state index in [1.807, 2.05) is 14.0 Å². The number of nitrogens with one attached hydrogen (secondary N) is 1. The van der Waals surface area contributed by atoms with Gasteiger partial charge < -0.3 is 19.4 Å². The van der Waals surface area contributed by atoms with Crippen LogP contribution in [0.3, 0.4) is 0 Å². The Labute approximate surface area is 195 Å². The van der Waals surface area contributed by atoms with Gasteiger partial charge in [-0.2, -0.15) is 9.40 Å². The van der Waals surface area contributed by atoms with Crippen molar-refractivity contribution in [3.05, 3.63) is 16.0 Å². The number of piperazine rings is 1. The van der Waals surface area contributed by atoms with E-state index in [1.54, 1.807) is 7.05 Å². The molecule has 0 unspecified atom stereocenters. The summed E-state index contributed by atoms with van der Waals surface area (Å²) >= 11 is 1.02. The second kappa shape index (κ2) is 8.38. The quantitative estimate of drug-likeness (QED) is 0.558. The van der Waals surface area contributed by atoms with Gasteiger partial charge in [-0.15, -0.1) is 11.3 Å². The lowest BCUT2D eigenvalue weighted by Gasteiger charge is -2.31. The highest BCUT2D eigenvalue weighted by molar-refractivity contribution is 7.91. The van der Waals surface area contributed by atoms with Crippen molar-refractivity contribution >= 4 is 32.4 Å². The van der Waals surface area contributed by atoms with Gasteiger partial charge in [-0.05, 0) is 13.5 Å². The number of aromatic nitrogens is 4. The van der Waals surface area contributed by atoms with Gasteiger partial charge in [0.25, 0.3) is 15.6 Å². The van der Waals surface area contributed by atoms with E-state index < -0.39 is 10.0 Å². The van der Waals surface area contributed by atoms with Gasteiger partial charge in [0, 0.05) is 33.2 Å². The Morgan fingerprint density at radius 1 is 1.09 bits per heavy atom. The van der Waals surface area contributed by atoms with Gasteiger partial charge in [0.2, 0.25) is 0 Å². The van der Waals surface area contributed by atoms with Crippen LogP contribution in [0.25, 0.3) is 21.7 Å². The van der Waals surface area contributed by atoms with Crippen molar-refractivity contribution in [1.82, 2.24) is 29.0 Å². The number of likely N-dealkylation sites (N-methyl/N-ethyl adjacent to an activating group) is 1. The maximum atomic E-state index is 13.5. The number of fused-ring (bicyclic) bond motifs is 2. The van der Waals surface area contributed by atoms with Gasteiger partial charge in [0.15, 0.2) is 27.0 Å². The minimum absolute atomic E-state index is 0.0828. The molecule has 1 fully saturated rings. The van der Waals surface area contributed by atoms with Crippen LogP contribution in [-0.2, 0) is 23.5 Å². The van der Waals surface area contributed by atoms with E-state index in [2.05, 4.69) is 15.0 Å². The number of aromatic amines is 1. The predicted octanol–water partition coefficient (Wildman–Crippen LogP) is 1.04. The summed E-state index contributed by atoms with van der Waals surface area (Å²) in [4.78, 5) is 22.9. The van der Waals surface area contributed by atoms with Gasteiger partial charge in [-0.3, -0.25) is 9.48 Å². The first-order valence-electron chi connectivity index (χ1n) is 10.9. The van der Waals surface area contributed by atoms with E-state index in [4.69, 9.17) is 14.5 Å². The van der Waals surface area contributed by atoms with Crippen LogP contribution in [0.1, 0.15) is 19.0 Å². The molecule has 0 saturated carbocycles. The molecule has 3 aromatic rings. The number of rotatable bonds is 5. The molecule has 2 aliphatic heterocycles. The predicted molar refractivity (Wildman–Crippen MR) is 124 cm³/mol. The number of nitrogens with zero attached hydrogens (tertiary/aromatic N) is 5. The average molecular weight is 495 g/mol. The van der Waals surface area contributed by atoms with Crippen LogP contribution >= 0.6 is 11.3 Å². The molecule has 0 aliphatic carbocycles. The Hall–Kier alpha value is -2.48. The summed E-state index contributed by atoms with van der Waals surface area (Å²) in [5, 5.41) is 4.45. The number of hydrogen-bond donors (Lipinski definition) is 1. The van der Waals surface area contributed by atoms with Crippen molar-refractivity contribution in [2.75, 3.05) is 46.4 Å². The third-order valence-corrected chi connectivity index (χ3v) is 9.40. The minimum Gasteiger partial charge on any atom is -0.484 e. The van der Waals surface area contributed by atoms with E-state index in [9.17, 15) is 13.2 Å². The Balaban J connectivity index is 1.66. The van der Waals surface area contributed by atoms with E-state index in [0.29, 0.717) is 54.3 Å². The fourth-order valence-corrected chi connectivity index (χ4v) is 7.27. The van der Waals surface area contributed by atoms with E-state index in [0.717, 1.165) is 23.5 Å². The Morgan fingerprint density at radius 3 is 2.48 bits per heavy atom. The molecule has 3 aromatic heterocycles. The molecular weight excluding hydrogens is 468 g/mol. The monoisotopic (exact) mass is 494 g/mol. The standard InChI is InChI=1S/C20H26N6O5S2/c1-4-5-12-13-14(25(3)23-12)19(27)22-18(21-13)17-15-16(31-11-10-30-15)20(32-17)33(28,29)26-8-6-24(2)7-9-26/h4-11H2,1-3H3,(H,21,22,27). The summed E-state index contributed by atoms with van der Waals surface area (Å²) in [6, 6.07) is 0. The Bertz CT molecular complexity index is 1370. The van der Waals surface area contributed by atoms with Crippen LogP contribution in [0, 0.1) is 0 Å². The largest absolute Gasteiger partial charge is 0.484 e. The summed E-state index contributed by atoms with van der Waals surface area (Å²) in [5.74, 6) is 0.759. The van der Waals surface area contributed by atoms with E-state index >= 15 is 0 Å². The number of thiophene rings is 1. The molecular formula is C20H26N6O5S2. The number of hydrogen-bond acceptors (Lipinski definition) is 9. The first-order valence-corrected chi connectivity index (χ1v) is 13.1. The zero-order valence-corrected chi connectivity index (χ0v) is 20.4. The zero-order chi connectivity index (χ0) is 23.3. The van der Waals surface area contributed by atoms with Crippen LogP contribution in [0.4, 0.5) is 0 Å². The molecule has 0 amide bonds. The average Bonchev–Trinajstić information content (AvgIpc) is 3.33. The lowest BCUT2D eigenvalue weighted by molar-refractivity contribution is 0.169. The summed E-state index contributed by atoms with van der Waals surface area (Å²) in [6.45, 7) is 4.68. The SMILES string of the molecule is CCCc1nn(C)c2c(=O)[nH]c(-c3sc(S(=O)(=O)N4CCN(C)CC4)c4c3OCCO4)nc12. The van der Waals surface area contributed by atoms with Crippen LogP contribution in [0.15, 0.2) is 9.00 Å². The molecule has 2 aliphatic rings. The van der Waals surface area contributed by atoms with E-state index in [1.165, 1.54) is 8.99 Å². The fourth-order valence-electron chi connectivity index (χ4n) is 4.16.